The summed E-state index contributed by atoms with van der Waals surface area (Å²) < 4.78 is 47.3. The molecule has 2 unspecified atom stereocenters. The Hall–Kier alpha value is -2.64. The summed E-state index contributed by atoms with van der Waals surface area (Å²) in [4.78, 5) is 17.0. The number of esters is 1. The Morgan fingerprint density at radius 1 is 1.23 bits per heavy atom. The summed E-state index contributed by atoms with van der Waals surface area (Å²) in [7, 11) is 0. The van der Waals surface area contributed by atoms with Crippen molar-refractivity contribution >= 4 is 17.5 Å². The molecule has 2 aromatic rings. The van der Waals surface area contributed by atoms with E-state index >= 15 is 0 Å². The number of aromatic nitrogens is 2. The number of nitrogens with zero attached hydrogens (tertiary/aromatic N) is 3. The molecular formula is C18H18F3N3O2. The van der Waals surface area contributed by atoms with Gasteiger partial charge in [0.2, 0.25) is 0 Å². The second kappa shape index (κ2) is 6.59. The molecule has 0 aliphatic carbocycles. The first-order valence-corrected chi connectivity index (χ1v) is 8.15. The number of aliphatic imine (C=N–C) groups is 1. The van der Waals surface area contributed by atoms with Gasteiger partial charge >= 0.3 is 12.1 Å². The molecule has 1 aliphatic rings. The standard InChI is InChI=1S/C18H18F3N3O2/c1-10(2)26-17(25)15-11(3)23-14-8-9-22-24(14)16(15)12-6-4-5-7-13(12)18(19,20)21/h4-10,15-16H,1-3H3. The van der Waals surface area contributed by atoms with E-state index in [4.69, 9.17) is 4.74 Å². The molecular weight excluding hydrogens is 347 g/mol. The van der Waals surface area contributed by atoms with Gasteiger partial charge in [0.1, 0.15) is 5.92 Å². The fraction of sp³-hybridized carbons (Fsp3) is 0.389. The Morgan fingerprint density at radius 3 is 2.58 bits per heavy atom. The first-order chi connectivity index (χ1) is 12.2. The molecule has 2 heterocycles. The van der Waals surface area contributed by atoms with Crippen molar-refractivity contribution in [1.29, 1.82) is 0 Å². The van der Waals surface area contributed by atoms with E-state index in [0.717, 1.165) is 6.07 Å². The van der Waals surface area contributed by atoms with E-state index in [2.05, 4.69) is 10.1 Å². The van der Waals surface area contributed by atoms with E-state index in [1.165, 1.54) is 29.1 Å². The molecule has 3 rings (SSSR count). The lowest BCUT2D eigenvalue weighted by Gasteiger charge is -2.32. The maximum atomic E-state index is 13.6. The van der Waals surface area contributed by atoms with Gasteiger partial charge in [-0.3, -0.25) is 4.79 Å². The number of rotatable bonds is 3. The minimum atomic E-state index is -4.56. The smallest absolute Gasteiger partial charge is 0.416 e. The number of alkyl halides is 3. The van der Waals surface area contributed by atoms with Crippen LogP contribution in [0.3, 0.4) is 0 Å². The summed E-state index contributed by atoms with van der Waals surface area (Å²) in [5.41, 5.74) is -0.445. The molecule has 0 saturated carbocycles. The minimum absolute atomic E-state index is 0.0371. The Bertz CT molecular complexity index is 855. The molecule has 5 nitrogen and oxygen atoms in total. The van der Waals surface area contributed by atoms with Crippen molar-refractivity contribution < 1.29 is 22.7 Å². The molecule has 0 radical (unpaired) electrons. The lowest BCUT2D eigenvalue weighted by atomic mass is 9.86. The second-order valence-electron chi connectivity index (χ2n) is 6.38. The largest absolute Gasteiger partial charge is 0.462 e. The average molecular weight is 365 g/mol. The predicted octanol–water partition coefficient (Wildman–Crippen LogP) is 4.17. The first kappa shape index (κ1) is 18.2. The van der Waals surface area contributed by atoms with Crippen molar-refractivity contribution in [2.75, 3.05) is 0 Å². The molecule has 0 amide bonds. The third-order valence-electron chi connectivity index (χ3n) is 4.16. The number of fused-ring (bicyclic) bond motifs is 1. The highest BCUT2D eigenvalue weighted by molar-refractivity contribution is 6.03. The van der Waals surface area contributed by atoms with Crippen LogP contribution in [0.5, 0.6) is 0 Å². The monoisotopic (exact) mass is 365 g/mol. The lowest BCUT2D eigenvalue weighted by Crippen LogP contribution is -2.38. The van der Waals surface area contributed by atoms with E-state index in [1.54, 1.807) is 26.8 Å². The summed E-state index contributed by atoms with van der Waals surface area (Å²) in [6.45, 7) is 4.99. The van der Waals surface area contributed by atoms with Crippen LogP contribution in [0.1, 0.15) is 37.9 Å². The maximum Gasteiger partial charge on any atom is 0.416 e. The van der Waals surface area contributed by atoms with Crippen LogP contribution in [-0.4, -0.2) is 27.6 Å². The molecule has 0 bridgehead atoms. The molecule has 8 heteroatoms. The van der Waals surface area contributed by atoms with Crippen LogP contribution in [-0.2, 0) is 15.7 Å². The number of hydrogen-bond donors (Lipinski definition) is 0. The quantitative estimate of drug-likeness (QED) is 0.768. The van der Waals surface area contributed by atoms with E-state index in [0.29, 0.717) is 11.5 Å². The highest BCUT2D eigenvalue weighted by Crippen LogP contribution is 2.42. The van der Waals surface area contributed by atoms with Crippen molar-refractivity contribution in [2.45, 2.75) is 39.1 Å². The normalized spacial score (nSPS) is 19.9. The molecule has 1 aliphatic heterocycles. The summed E-state index contributed by atoms with van der Waals surface area (Å²) in [5.74, 6) is -1.21. The summed E-state index contributed by atoms with van der Waals surface area (Å²) in [5, 5.41) is 4.12. The maximum absolute atomic E-state index is 13.6. The number of ether oxygens (including phenoxy) is 1. The van der Waals surface area contributed by atoms with Gasteiger partial charge in [-0.1, -0.05) is 18.2 Å². The lowest BCUT2D eigenvalue weighted by molar-refractivity contribution is -0.151. The number of hydrogen-bond acceptors (Lipinski definition) is 4. The Labute approximate surface area is 148 Å². The average Bonchev–Trinajstić information content (AvgIpc) is 2.99. The van der Waals surface area contributed by atoms with E-state index in [-0.39, 0.29) is 5.56 Å². The topological polar surface area (TPSA) is 56.5 Å². The van der Waals surface area contributed by atoms with Gasteiger partial charge in [0.25, 0.3) is 0 Å². The van der Waals surface area contributed by atoms with Crippen LogP contribution >= 0.6 is 0 Å². The van der Waals surface area contributed by atoms with Gasteiger partial charge in [-0.2, -0.15) is 18.3 Å². The van der Waals surface area contributed by atoms with Crippen molar-refractivity contribution in [1.82, 2.24) is 9.78 Å². The van der Waals surface area contributed by atoms with Crippen molar-refractivity contribution in [3.63, 3.8) is 0 Å². The van der Waals surface area contributed by atoms with Gasteiger partial charge in [0, 0.05) is 11.8 Å². The van der Waals surface area contributed by atoms with Crippen molar-refractivity contribution in [3.8, 4) is 0 Å². The molecule has 0 saturated heterocycles. The number of carbonyl (C=O) groups excluding carboxylic acids is 1. The molecule has 138 valence electrons. The summed E-state index contributed by atoms with van der Waals surface area (Å²) in [6, 6.07) is 5.82. The molecule has 0 fully saturated rings. The zero-order valence-electron chi connectivity index (χ0n) is 14.5. The fourth-order valence-corrected chi connectivity index (χ4v) is 3.16. The predicted molar refractivity (Wildman–Crippen MR) is 89.3 cm³/mol. The number of halogens is 3. The Morgan fingerprint density at radius 2 is 1.92 bits per heavy atom. The summed E-state index contributed by atoms with van der Waals surface area (Å²) in [6.07, 6.45) is -3.50. The van der Waals surface area contributed by atoms with E-state index in [1.807, 2.05) is 0 Å². The SMILES string of the molecule is CC1=Nc2ccnn2C(c2ccccc2C(F)(F)F)C1C(=O)OC(C)C. The van der Waals surface area contributed by atoms with Gasteiger partial charge in [-0.15, -0.1) is 0 Å². The van der Waals surface area contributed by atoms with Crippen LogP contribution in [0.25, 0.3) is 0 Å². The molecule has 1 aromatic heterocycles. The fourth-order valence-electron chi connectivity index (χ4n) is 3.16. The van der Waals surface area contributed by atoms with Crippen LogP contribution in [0.15, 0.2) is 41.5 Å². The Balaban J connectivity index is 2.19. The molecule has 26 heavy (non-hydrogen) atoms. The number of benzene rings is 1. The zero-order valence-corrected chi connectivity index (χ0v) is 14.5. The van der Waals surface area contributed by atoms with Crippen molar-refractivity contribution in [3.05, 3.63) is 47.7 Å². The van der Waals surface area contributed by atoms with Gasteiger partial charge in [0.15, 0.2) is 5.82 Å². The van der Waals surface area contributed by atoms with E-state index < -0.39 is 35.8 Å². The molecule has 1 aromatic carbocycles. The molecule has 2 atom stereocenters. The van der Waals surface area contributed by atoms with Crippen LogP contribution in [0.4, 0.5) is 19.0 Å². The third kappa shape index (κ3) is 3.23. The number of carbonyl (C=O) groups is 1. The van der Waals surface area contributed by atoms with Gasteiger partial charge in [-0.25, -0.2) is 9.67 Å². The van der Waals surface area contributed by atoms with Gasteiger partial charge in [0.05, 0.1) is 23.9 Å². The van der Waals surface area contributed by atoms with Gasteiger partial charge in [-0.05, 0) is 32.4 Å². The van der Waals surface area contributed by atoms with Gasteiger partial charge < -0.3 is 4.74 Å². The Kier molecular flexibility index (Phi) is 4.60. The van der Waals surface area contributed by atoms with Crippen LogP contribution in [0, 0.1) is 5.92 Å². The molecule has 0 N–H and O–H groups in total. The highest BCUT2D eigenvalue weighted by atomic mass is 19.4. The van der Waals surface area contributed by atoms with Crippen LogP contribution < -0.4 is 0 Å². The third-order valence-corrected chi connectivity index (χ3v) is 4.16. The van der Waals surface area contributed by atoms with E-state index in [9.17, 15) is 18.0 Å². The first-order valence-electron chi connectivity index (χ1n) is 8.15. The second-order valence-corrected chi connectivity index (χ2v) is 6.38. The highest BCUT2D eigenvalue weighted by Gasteiger charge is 2.44. The van der Waals surface area contributed by atoms with Crippen LogP contribution in [0.2, 0.25) is 0 Å². The molecule has 0 spiro atoms. The van der Waals surface area contributed by atoms with Crippen molar-refractivity contribution in [2.24, 2.45) is 10.9 Å². The summed E-state index contributed by atoms with van der Waals surface area (Å²) >= 11 is 0. The minimum Gasteiger partial charge on any atom is -0.462 e. The zero-order chi connectivity index (χ0) is 19.1.